The van der Waals surface area contributed by atoms with E-state index in [9.17, 15) is 9.90 Å². The molecular weight excluding hydrogens is 278 g/mol. The summed E-state index contributed by atoms with van der Waals surface area (Å²) in [7, 11) is 0. The SMILES string of the molecule is CC(=O)N1CC(c2ccccc2)Oc2ccc(C(C)O)cc21. The van der Waals surface area contributed by atoms with Crippen LogP contribution in [0.1, 0.15) is 37.2 Å². The fourth-order valence-electron chi connectivity index (χ4n) is 2.70. The molecule has 1 N–H and O–H groups in total. The van der Waals surface area contributed by atoms with Crippen LogP contribution in [0.5, 0.6) is 5.75 Å². The van der Waals surface area contributed by atoms with Crippen molar-refractivity contribution in [3.8, 4) is 5.75 Å². The Balaban J connectivity index is 2.00. The van der Waals surface area contributed by atoms with Crippen LogP contribution in [0.3, 0.4) is 0 Å². The second-order valence-electron chi connectivity index (χ2n) is 5.55. The fraction of sp³-hybridized carbons (Fsp3) is 0.278. The minimum absolute atomic E-state index is 0.0341. The van der Waals surface area contributed by atoms with E-state index in [-0.39, 0.29) is 12.0 Å². The predicted molar refractivity (Wildman–Crippen MR) is 84.9 cm³/mol. The van der Waals surface area contributed by atoms with Crippen LogP contribution in [0.15, 0.2) is 48.5 Å². The molecule has 4 nitrogen and oxygen atoms in total. The number of amides is 1. The van der Waals surface area contributed by atoms with Crippen molar-refractivity contribution in [2.45, 2.75) is 26.1 Å². The first kappa shape index (κ1) is 14.6. The number of carbonyl (C=O) groups excluding carboxylic acids is 1. The Morgan fingerprint density at radius 2 is 2.00 bits per heavy atom. The lowest BCUT2D eigenvalue weighted by Gasteiger charge is -2.35. The lowest BCUT2D eigenvalue weighted by Crippen LogP contribution is -2.38. The average Bonchev–Trinajstić information content (AvgIpc) is 2.53. The second-order valence-corrected chi connectivity index (χ2v) is 5.55. The molecule has 1 aliphatic heterocycles. The van der Waals surface area contributed by atoms with Crippen LogP contribution < -0.4 is 9.64 Å². The highest BCUT2D eigenvalue weighted by molar-refractivity contribution is 5.94. The molecule has 0 fully saturated rings. The Morgan fingerprint density at radius 1 is 1.27 bits per heavy atom. The molecule has 0 saturated carbocycles. The van der Waals surface area contributed by atoms with E-state index in [4.69, 9.17) is 4.74 Å². The van der Waals surface area contributed by atoms with Gasteiger partial charge in [-0.2, -0.15) is 0 Å². The normalized spacial score (nSPS) is 18.3. The molecule has 0 aromatic heterocycles. The molecule has 0 aliphatic carbocycles. The molecule has 2 atom stereocenters. The Labute approximate surface area is 130 Å². The van der Waals surface area contributed by atoms with Gasteiger partial charge in [0.05, 0.1) is 18.3 Å². The summed E-state index contributed by atoms with van der Waals surface area (Å²) >= 11 is 0. The van der Waals surface area contributed by atoms with Crippen molar-refractivity contribution in [3.63, 3.8) is 0 Å². The monoisotopic (exact) mass is 297 g/mol. The van der Waals surface area contributed by atoms with Crippen molar-refractivity contribution in [1.82, 2.24) is 0 Å². The van der Waals surface area contributed by atoms with E-state index < -0.39 is 6.10 Å². The molecule has 114 valence electrons. The van der Waals surface area contributed by atoms with E-state index in [0.717, 1.165) is 16.8 Å². The first-order valence-corrected chi connectivity index (χ1v) is 7.38. The van der Waals surface area contributed by atoms with Gasteiger partial charge in [-0.1, -0.05) is 36.4 Å². The molecule has 1 heterocycles. The quantitative estimate of drug-likeness (QED) is 0.926. The number of hydrogen-bond donors (Lipinski definition) is 1. The molecule has 2 unspecified atom stereocenters. The molecule has 0 bridgehead atoms. The maximum absolute atomic E-state index is 12.0. The number of aliphatic hydroxyl groups is 1. The number of fused-ring (bicyclic) bond motifs is 1. The highest BCUT2D eigenvalue weighted by Gasteiger charge is 2.29. The lowest BCUT2D eigenvalue weighted by molar-refractivity contribution is -0.117. The number of rotatable bonds is 2. The summed E-state index contributed by atoms with van der Waals surface area (Å²) in [4.78, 5) is 13.7. The first-order chi connectivity index (χ1) is 10.6. The van der Waals surface area contributed by atoms with Gasteiger partial charge in [-0.15, -0.1) is 0 Å². The van der Waals surface area contributed by atoms with Crippen molar-refractivity contribution in [1.29, 1.82) is 0 Å². The van der Waals surface area contributed by atoms with Crippen molar-refractivity contribution >= 4 is 11.6 Å². The van der Waals surface area contributed by atoms with Gasteiger partial charge in [0.2, 0.25) is 5.91 Å². The van der Waals surface area contributed by atoms with Gasteiger partial charge in [0.15, 0.2) is 0 Å². The predicted octanol–water partition coefficient (Wildman–Crippen LogP) is 3.23. The van der Waals surface area contributed by atoms with Crippen LogP contribution in [-0.2, 0) is 4.79 Å². The summed E-state index contributed by atoms with van der Waals surface area (Å²) in [6.45, 7) is 3.72. The molecular formula is C18H19NO3. The summed E-state index contributed by atoms with van der Waals surface area (Å²) in [6, 6.07) is 15.3. The van der Waals surface area contributed by atoms with Gasteiger partial charge >= 0.3 is 0 Å². The maximum atomic E-state index is 12.0. The van der Waals surface area contributed by atoms with Crippen molar-refractivity contribution in [2.75, 3.05) is 11.4 Å². The van der Waals surface area contributed by atoms with E-state index in [2.05, 4.69) is 0 Å². The number of hydrogen-bond acceptors (Lipinski definition) is 3. The average molecular weight is 297 g/mol. The highest BCUT2D eigenvalue weighted by atomic mass is 16.5. The molecule has 0 radical (unpaired) electrons. The van der Waals surface area contributed by atoms with Crippen molar-refractivity contribution in [2.24, 2.45) is 0 Å². The minimum atomic E-state index is -0.578. The van der Waals surface area contributed by atoms with Gasteiger partial charge in [-0.05, 0) is 30.2 Å². The second kappa shape index (κ2) is 5.81. The zero-order valence-corrected chi connectivity index (χ0v) is 12.7. The van der Waals surface area contributed by atoms with E-state index in [1.165, 1.54) is 0 Å². The van der Waals surface area contributed by atoms with Crippen molar-refractivity contribution in [3.05, 3.63) is 59.7 Å². The highest BCUT2D eigenvalue weighted by Crippen LogP contribution is 2.39. The Kier molecular flexibility index (Phi) is 3.86. The number of ether oxygens (including phenoxy) is 1. The lowest BCUT2D eigenvalue weighted by atomic mass is 10.0. The molecule has 22 heavy (non-hydrogen) atoms. The standard InChI is InChI=1S/C18H19NO3/c1-12(20)15-8-9-17-16(10-15)19(13(2)21)11-18(22-17)14-6-4-3-5-7-14/h3-10,12,18,20H,11H2,1-2H3. The van der Waals surface area contributed by atoms with Crippen LogP contribution in [0.4, 0.5) is 5.69 Å². The third-order valence-corrected chi connectivity index (χ3v) is 3.93. The van der Waals surface area contributed by atoms with E-state index in [0.29, 0.717) is 12.3 Å². The molecule has 0 saturated heterocycles. The first-order valence-electron chi connectivity index (χ1n) is 7.38. The fourth-order valence-corrected chi connectivity index (χ4v) is 2.70. The summed E-state index contributed by atoms with van der Waals surface area (Å²) in [5, 5.41) is 9.74. The summed E-state index contributed by atoms with van der Waals surface area (Å²) in [5.41, 5.74) is 2.53. The smallest absolute Gasteiger partial charge is 0.224 e. The largest absolute Gasteiger partial charge is 0.482 e. The van der Waals surface area contributed by atoms with Gasteiger partial charge in [0.1, 0.15) is 11.9 Å². The molecule has 1 aliphatic rings. The van der Waals surface area contributed by atoms with E-state index in [1.54, 1.807) is 18.7 Å². The number of benzene rings is 2. The van der Waals surface area contributed by atoms with Crippen LogP contribution in [0.2, 0.25) is 0 Å². The van der Waals surface area contributed by atoms with Gasteiger partial charge in [-0.3, -0.25) is 4.79 Å². The van der Waals surface area contributed by atoms with Crippen LogP contribution in [0, 0.1) is 0 Å². The Morgan fingerprint density at radius 3 is 2.64 bits per heavy atom. The molecule has 0 spiro atoms. The molecule has 3 rings (SSSR count). The molecule has 4 heteroatoms. The topological polar surface area (TPSA) is 49.8 Å². The third-order valence-electron chi connectivity index (χ3n) is 3.93. The van der Waals surface area contributed by atoms with Gasteiger partial charge in [0.25, 0.3) is 0 Å². The summed E-state index contributed by atoms with van der Waals surface area (Å²) < 4.78 is 6.06. The third kappa shape index (κ3) is 2.70. The van der Waals surface area contributed by atoms with Crippen LogP contribution >= 0.6 is 0 Å². The minimum Gasteiger partial charge on any atom is -0.482 e. The zero-order valence-electron chi connectivity index (χ0n) is 12.7. The summed E-state index contributed by atoms with van der Waals surface area (Å²) in [6.07, 6.45) is -0.763. The number of aliphatic hydroxyl groups excluding tert-OH is 1. The van der Waals surface area contributed by atoms with Gasteiger partial charge < -0.3 is 14.7 Å². The molecule has 1 amide bonds. The van der Waals surface area contributed by atoms with Crippen LogP contribution in [-0.4, -0.2) is 17.6 Å². The number of carbonyl (C=O) groups is 1. The zero-order chi connectivity index (χ0) is 15.7. The number of nitrogens with zero attached hydrogens (tertiary/aromatic N) is 1. The maximum Gasteiger partial charge on any atom is 0.224 e. The molecule has 2 aromatic rings. The van der Waals surface area contributed by atoms with Crippen molar-refractivity contribution < 1.29 is 14.6 Å². The summed E-state index contributed by atoms with van der Waals surface area (Å²) in [5.74, 6) is 0.632. The van der Waals surface area contributed by atoms with E-state index >= 15 is 0 Å². The van der Waals surface area contributed by atoms with Crippen LogP contribution in [0.25, 0.3) is 0 Å². The Bertz CT molecular complexity index is 682. The molecule has 2 aromatic carbocycles. The van der Waals surface area contributed by atoms with E-state index in [1.807, 2.05) is 48.5 Å². The van der Waals surface area contributed by atoms with Gasteiger partial charge in [-0.25, -0.2) is 0 Å². The Hall–Kier alpha value is -2.33. The van der Waals surface area contributed by atoms with Gasteiger partial charge in [0, 0.05) is 6.92 Å². The number of anilines is 1.